The number of benzene rings is 2. The Hall–Kier alpha value is -2.42. The summed E-state index contributed by atoms with van der Waals surface area (Å²) in [6.45, 7) is 16.0. The van der Waals surface area contributed by atoms with Gasteiger partial charge in [-0.3, -0.25) is 0 Å². The Morgan fingerprint density at radius 1 is 0.828 bits per heavy atom. The molecule has 29 heavy (non-hydrogen) atoms. The summed E-state index contributed by atoms with van der Waals surface area (Å²) in [7, 11) is -4.19. The Labute approximate surface area is 173 Å². The van der Waals surface area contributed by atoms with Crippen molar-refractivity contribution in [3.05, 3.63) is 69.1 Å². The van der Waals surface area contributed by atoms with E-state index in [0.29, 0.717) is 11.5 Å². The highest BCUT2D eigenvalue weighted by Crippen LogP contribution is 2.53. The lowest BCUT2D eigenvalue weighted by atomic mass is 9.86. The molecule has 0 saturated carbocycles. The summed E-state index contributed by atoms with van der Waals surface area (Å²) in [6.07, 6.45) is 0. The SMILES string of the molecule is Cc1ccc(C(C)(C)C)c(OP(=O)(N=[N+]=[N-])Oc2cc(C)ccc2C(C)(C)C)c1. The first kappa shape index (κ1) is 22.9. The largest absolute Gasteiger partial charge is 0.525 e. The van der Waals surface area contributed by atoms with Crippen molar-refractivity contribution in [2.45, 2.75) is 66.2 Å². The number of aryl methyl sites for hydroxylation is 2. The average molecular weight is 415 g/mol. The second kappa shape index (κ2) is 8.14. The molecule has 0 fully saturated rings. The molecule has 0 radical (unpaired) electrons. The number of hydrogen-bond donors (Lipinski definition) is 0. The third kappa shape index (κ3) is 5.79. The van der Waals surface area contributed by atoms with Crippen molar-refractivity contribution in [2.24, 2.45) is 4.88 Å². The predicted molar refractivity (Wildman–Crippen MR) is 118 cm³/mol. The van der Waals surface area contributed by atoms with Crippen LogP contribution in [0.4, 0.5) is 0 Å². The molecule has 0 aliphatic rings. The van der Waals surface area contributed by atoms with Crippen LogP contribution in [0.5, 0.6) is 11.5 Å². The molecule has 0 amide bonds. The van der Waals surface area contributed by atoms with E-state index in [1.807, 2.05) is 79.7 Å². The summed E-state index contributed by atoms with van der Waals surface area (Å²) in [5, 5.41) is 0. The molecule has 6 nitrogen and oxygen atoms in total. The highest BCUT2D eigenvalue weighted by molar-refractivity contribution is 7.53. The topological polar surface area (TPSA) is 84.3 Å². The van der Waals surface area contributed by atoms with Gasteiger partial charge < -0.3 is 9.05 Å². The van der Waals surface area contributed by atoms with Crippen LogP contribution < -0.4 is 9.05 Å². The standard InChI is InChI=1S/C22H30N3O3P/c1-15-9-11-17(21(3,4)5)19(13-15)27-29(26,25-24-23)28-20-14-16(2)10-12-18(20)22(6,7)8/h9-14H,1-8H3. The van der Waals surface area contributed by atoms with Crippen molar-refractivity contribution in [3.63, 3.8) is 0 Å². The second-order valence-electron chi connectivity index (χ2n) is 9.33. The van der Waals surface area contributed by atoms with Crippen molar-refractivity contribution in [1.29, 1.82) is 0 Å². The molecular weight excluding hydrogens is 385 g/mol. The van der Waals surface area contributed by atoms with Gasteiger partial charge in [-0.05, 0) is 53.5 Å². The zero-order valence-electron chi connectivity index (χ0n) is 18.5. The summed E-state index contributed by atoms with van der Waals surface area (Å²) >= 11 is 0. The summed E-state index contributed by atoms with van der Waals surface area (Å²) in [4.78, 5) is 6.18. The molecule has 0 spiro atoms. The lowest BCUT2D eigenvalue weighted by molar-refractivity contribution is 0.376. The van der Waals surface area contributed by atoms with E-state index in [9.17, 15) is 4.57 Å². The van der Waals surface area contributed by atoms with Crippen LogP contribution in [0.25, 0.3) is 10.4 Å². The molecule has 0 atom stereocenters. The fraction of sp³-hybridized carbons (Fsp3) is 0.455. The van der Waals surface area contributed by atoms with Crippen molar-refractivity contribution < 1.29 is 13.6 Å². The summed E-state index contributed by atoms with van der Waals surface area (Å²) in [5.41, 5.74) is 12.1. The minimum absolute atomic E-state index is 0.260. The van der Waals surface area contributed by atoms with Crippen LogP contribution >= 0.6 is 7.75 Å². The van der Waals surface area contributed by atoms with Gasteiger partial charge in [0.15, 0.2) is 0 Å². The molecule has 2 aromatic carbocycles. The van der Waals surface area contributed by atoms with Gasteiger partial charge >= 0.3 is 7.75 Å². The van der Waals surface area contributed by atoms with Gasteiger partial charge in [0.2, 0.25) is 0 Å². The summed E-state index contributed by atoms with van der Waals surface area (Å²) in [6, 6.07) is 11.3. The van der Waals surface area contributed by atoms with Crippen molar-refractivity contribution >= 4 is 7.75 Å². The van der Waals surface area contributed by atoms with E-state index in [2.05, 4.69) is 9.80 Å². The zero-order chi connectivity index (χ0) is 22.0. The minimum atomic E-state index is -4.19. The zero-order valence-corrected chi connectivity index (χ0v) is 19.4. The first-order valence-electron chi connectivity index (χ1n) is 9.53. The lowest BCUT2D eigenvalue weighted by Gasteiger charge is -2.27. The maximum absolute atomic E-state index is 13.5. The molecule has 2 rings (SSSR count). The third-order valence-electron chi connectivity index (χ3n) is 4.47. The van der Waals surface area contributed by atoms with Crippen LogP contribution in [0.15, 0.2) is 41.3 Å². The van der Waals surface area contributed by atoms with Crippen LogP contribution in [0.3, 0.4) is 0 Å². The molecule has 0 aromatic heterocycles. The van der Waals surface area contributed by atoms with Gasteiger partial charge in [-0.25, -0.2) is 4.57 Å². The van der Waals surface area contributed by atoms with Crippen molar-refractivity contribution in [2.75, 3.05) is 0 Å². The van der Waals surface area contributed by atoms with E-state index >= 15 is 0 Å². The Morgan fingerprint density at radius 2 is 1.21 bits per heavy atom. The van der Waals surface area contributed by atoms with E-state index in [0.717, 1.165) is 22.3 Å². The van der Waals surface area contributed by atoms with Gasteiger partial charge in [-0.2, -0.15) is 0 Å². The molecule has 0 aliphatic carbocycles. The van der Waals surface area contributed by atoms with Crippen LogP contribution in [-0.2, 0) is 15.4 Å². The van der Waals surface area contributed by atoms with Crippen LogP contribution in [-0.4, -0.2) is 0 Å². The highest BCUT2D eigenvalue weighted by Gasteiger charge is 2.32. The van der Waals surface area contributed by atoms with Gasteiger partial charge in [0.05, 0.1) is 0 Å². The first-order valence-corrected chi connectivity index (χ1v) is 11.0. The number of rotatable bonds is 5. The quantitative estimate of drug-likeness (QED) is 0.216. The van der Waals surface area contributed by atoms with Gasteiger partial charge in [-0.15, -0.1) is 0 Å². The number of azide groups is 1. The monoisotopic (exact) mass is 415 g/mol. The van der Waals surface area contributed by atoms with Crippen molar-refractivity contribution in [1.82, 2.24) is 0 Å². The summed E-state index contributed by atoms with van der Waals surface area (Å²) < 4.78 is 25.1. The fourth-order valence-electron chi connectivity index (χ4n) is 3.00. The highest BCUT2D eigenvalue weighted by atomic mass is 31.2. The number of nitrogens with zero attached hydrogens (tertiary/aromatic N) is 3. The first-order chi connectivity index (χ1) is 13.2. The van der Waals surface area contributed by atoms with Gasteiger partial charge in [-0.1, -0.05) is 65.8 Å². The van der Waals surface area contributed by atoms with Crippen LogP contribution in [0, 0.1) is 13.8 Å². The Bertz CT molecular complexity index is 928. The maximum Gasteiger partial charge on any atom is 0.525 e. The van der Waals surface area contributed by atoms with Gasteiger partial charge in [0.25, 0.3) is 0 Å². The van der Waals surface area contributed by atoms with E-state index in [-0.39, 0.29) is 10.8 Å². The second-order valence-corrected chi connectivity index (χ2v) is 10.8. The minimum Gasteiger partial charge on any atom is -0.411 e. The van der Waals surface area contributed by atoms with E-state index < -0.39 is 7.75 Å². The molecule has 156 valence electrons. The van der Waals surface area contributed by atoms with E-state index in [1.165, 1.54) is 0 Å². The molecule has 7 heteroatoms. The molecule has 0 heterocycles. The van der Waals surface area contributed by atoms with E-state index in [4.69, 9.17) is 14.6 Å². The Morgan fingerprint density at radius 3 is 1.52 bits per heavy atom. The van der Waals surface area contributed by atoms with Crippen LogP contribution in [0.1, 0.15) is 63.8 Å². The number of hydrogen-bond acceptors (Lipinski definition) is 3. The summed E-state index contributed by atoms with van der Waals surface area (Å²) in [5.74, 6) is 0.774. The molecular formula is C22H30N3O3P. The van der Waals surface area contributed by atoms with Crippen molar-refractivity contribution in [3.8, 4) is 11.5 Å². The van der Waals surface area contributed by atoms with E-state index in [1.54, 1.807) is 12.1 Å². The molecule has 0 saturated heterocycles. The molecule has 2 aromatic rings. The third-order valence-corrected chi connectivity index (χ3v) is 5.62. The lowest BCUT2D eigenvalue weighted by Crippen LogP contribution is -2.15. The van der Waals surface area contributed by atoms with Gasteiger partial charge in [0, 0.05) is 20.9 Å². The molecule has 0 aliphatic heterocycles. The molecule has 0 unspecified atom stereocenters. The van der Waals surface area contributed by atoms with Gasteiger partial charge in [0.1, 0.15) is 11.5 Å². The Kier molecular flexibility index (Phi) is 6.42. The van der Waals surface area contributed by atoms with Crippen LogP contribution in [0.2, 0.25) is 0 Å². The Balaban J connectivity index is 2.56. The normalized spacial score (nSPS) is 12.3. The average Bonchev–Trinajstić information content (AvgIpc) is 2.52. The molecule has 0 bridgehead atoms. The molecule has 0 N–H and O–H groups in total. The smallest absolute Gasteiger partial charge is 0.411 e. The fourth-order valence-corrected chi connectivity index (χ4v) is 4.01. The predicted octanol–water partition coefficient (Wildman–Crippen LogP) is 7.77. The maximum atomic E-state index is 13.5.